The maximum Gasteiger partial charge on any atom is 0.324 e. The van der Waals surface area contributed by atoms with E-state index in [1.54, 1.807) is 13.8 Å². The molecule has 0 radical (unpaired) electrons. The molecule has 4 heteroatoms. The van der Waals surface area contributed by atoms with Crippen LogP contribution in [0, 0.1) is 11.8 Å². The van der Waals surface area contributed by atoms with Crippen LogP contribution in [0.3, 0.4) is 0 Å². The summed E-state index contributed by atoms with van der Waals surface area (Å²) in [7, 11) is 0. The van der Waals surface area contributed by atoms with E-state index in [9.17, 15) is 9.59 Å². The van der Waals surface area contributed by atoms with Crippen molar-refractivity contribution in [1.82, 2.24) is 0 Å². The Bertz CT molecular complexity index is 278. The first-order valence-electron chi connectivity index (χ1n) is 6.51. The maximum atomic E-state index is 11.8. The summed E-state index contributed by atoms with van der Waals surface area (Å²) in [6.07, 6.45) is 1.85. The van der Waals surface area contributed by atoms with Crippen LogP contribution >= 0.6 is 0 Å². The highest BCUT2D eigenvalue weighted by molar-refractivity contribution is 5.98. The first kappa shape index (κ1) is 16.7. The van der Waals surface area contributed by atoms with Crippen LogP contribution < -0.4 is 0 Å². The van der Waals surface area contributed by atoms with Crippen molar-refractivity contribution < 1.29 is 19.1 Å². The Balaban J connectivity index is 4.90. The Morgan fingerprint density at radius 2 is 1.50 bits per heavy atom. The van der Waals surface area contributed by atoms with Gasteiger partial charge in [-0.2, -0.15) is 0 Å². The molecule has 0 heterocycles. The van der Waals surface area contributed by atoms with E-state index in [4.69, 9.17) is 9.47 Å². The van der Waals surface area contributed by atoms with E-state index in [0.29, 0.717) is 5.57 Å². The third-order valence-electron chi connectivity index (χ3n) is 2.77. The zero-order chi connectivity index (χ0) is 14.1. The fourth-order valence-corrected chi connectivity index (χ4v) is 1.75. The minimum Gasteiger partial charge on any atom is -0.465 e. The van der Waals surface area contributed by atoms with Gasteiger partial charge in [0.25, 0.3) is 0 Å². The molecule has 0 aliphatic carbocycles. The molecule has 0 aliphatic rings. The first-order valence-corrected chi connectivity index (χ1v) is 6.51. The van der Waals surface area contributed by atoms with E-state index in [1.807, 2.05) is 13.8 Å². The van der Waals surface area contributed by atoms with Crippen molar-refractivity contribution in [2.75, 3.05) is 13.2 Å². The third-order valence-corrected chi connectivity index (χ3v) is 2.77. The van der Waals surface area contributed by atoms with Gasteiger partial charge in [0.2, 0.25) is 0 Å². The molecule has 1 unspecified atom stereocenters. The maximum absolute atomic E-state index is 11.8. The summed E-state index contributed by atoms with van der Waals surface area (Å²) in [4.78, 5) is 23.7. The van der Waals surface area contributed by atoms with Crippen LogP contribution in [0.1, 0.15) is 40.5 Å². The van der Waals surface area contributed by atoms with Crippen molar-refractivity contribution in [3.63, 3.8) is 0 Å². The van der Waals surface area contributed by atoms with Gasteiger partial charge in [-0.15, -0.1) is 0 Å². The van der Waals surface area contributed by atoms with Crippen LogP contribution in [0.5, 0.6) is 0 Å². The molecular formula is C14H24O4. The van der Waals surface area contributed by atoms with E-state index >= 15 is 0 Å². The lowest BCUT2D eigenvalue weighted by atomic mass is 9.87. The molecule has 0 N–H and O–H groups in total. The number of carbonyl (C=O) groups excluding carboxylic acids is 2. The summed E-state index contributed by atoms with van der Waals surface area (Å²) in [6, 6.07) is 0. The minimum absolute atomic E-state index is 0.0915. The van der Waals surface area contributed by atoms with Gasteiger partial charge in [0.1, 0.15) is 0 Å². The second-order valence-electron chi connectivity index (χ2n) is 4.20. The van der Waals surface area contributed by atoms with Gasteiger partial charge in [0.05, 0.1) is 13.2 Å². The van der Waals surface area contributed by atoms with Gasteiger partial charge < -0.3 is 9.47 Å². The Kier molecular flexibility index (Phi) is 8.08. The fourth-order valence-electron chi connectivity index (χ4n) is 1.75. The molecule has 0 rings (SSSR count). The van der Waals surface area contributed by atoms with Gasteiger partial charge in [-0.25, -0.2) is 0 Å². The number of hydrogen-bond donors (Lipinski definition) is 0. The van der Waals surface area contributed by atoms with Gasteiger partial charge in [0, 0.05) is 0 Å². The molecule has 0 aromatic carbocycles. The first-order chi connectivity index (χ1) is 8.49. The summed E-state index contributed by atoms with van der Waals surface area (Å²) in [5.41, 5.74) is 0.578. The van der Waals surface area contributed by atoms with Gasteiger partial charge in [-0.1, -0.05) is 26.8 Å². The van der Waals surface area contributed by atoms with Crippen molar-refractivity contribution >= 4 is 11.9 Å². The number of rotatable bonds is 8. The molecule has 0 saturated heterocycles. The van der Waals surface area contributed by atoms with Crippen molar-refractivity contribution in [1.29, 1.82) is 0 Å². The smallest absolute Gasteiger partial charge is 0.324 e. The Morgan fingerprint density at radius 3 is 1.83 bits per heavy atom. The number of hydrogen-bond acceptors (Lipinski definition) is 4. The lowest BCUT2D eigenvalue weighted by Gasteiger charge is -2.21. The molecule has 0 aromatic heterocycles. The molecule has 0 bridgehead atoms. The SMILES string of the molecule is C=C(C(C)CCC)C(C(=O)OCC)C(=O)OCC. The monoisotopic (exact) mass is 256 g/mol. The average Bonchev–Trinajstić information content (AvgIpc) is 2.30. The van der Waals surface area contributed by atoms with Crippen molar-refractivity contribution in [2.24, 2.45) is 11.8 Å². The average molecular weight is 256 g/mol. The summed E-state index contributed by atoms with van der Waals surface area (Å²) in [5.74, 6) is -2.03. The molecule has 0 aromatic rings. The zero-order valence-electron chi connectivity index (χ0n) is 11.8. The van der Waals surface area contributed by atoms with Crippen LogP contribution in [0.2, 0.25) is 0 Å². The van der Waals surface area contributed by atoms with Crippen LogP contribution in [0.15, 0.2) is 12.2 Å². The van der Waals surface area contributed by atoms with Crippen LogP contribution in [-0.4, -0.2) is 25.2 Å². The van der Waals surface area contributed by atoms with Crippen LogP contribution in [0.4, 0.5) is 0 Å². The fraction of sp³-hybridized carbons (Fsp3) is 0.714. The molecule has 0 aliphatic heterocycles. The molecule has 0 fully saturated rings. The van der Waals surface area contributed by atoms with E-state index < -0.39 is 17.9 Å². The number of ether oxygens (including phenoxy) is 2. The molecular weight excluding hydrogens is 232 g/mol. The minimum atomic E-state index is -0.994. The van der Waals surface area contributed by atoms with Crippen LogP contribution in [0.25, 0.3) is 0 Å². The molecule has 1 atom stereocenters. The topological polar surface area (TPSA) is 52.6 Å². The Labute approximate surface area is 109 Å². The summed E-state index contributed by atoms with van der Waals surface area (Å²) in [5, 5.41) is 0. The van der Waals surface area contributed by atoms with Crippen LogP contribution in [-0.2, 0) is 19.1 Å². The molecule has 0 saturated carbocycles. The lowest BCUT2D eigenvalue weighted by molar-refractivity contribution is -0.159. The standard InChI is InChI=1S/C14H24O4/c1-6-9-10(4)11(5)12(13(15)17-7-2)14(16)18-8-3/h10,12H,5-9H2,1-4H3. The zero-order valence-corrected chi connectivity index (χ0v) is 11.8. The predicted molar refractivity (Wildman–Crippen MR) is 70.0 cm³/mol. The molecule has 18 heavy (non-hydrogen) atoms. The van der Waals surface area contributed by atoms with Gasteiger partial charge in [-0.05, 0) is 31.8 Å². The third kappa shape index (κ3) is 4.90. The second-order valence-corrected chi connectivity index (χ2v) is 4.20. The molecule has 0 amide bonds. The Hall–Kier alpha value is -1.32. The second kappa shape index (κ2) is 8.72. The van der Waals surface area contributed by atoms with E-state index in [2.05, 4.69) is 6.58 Å². The molecule has 4 nitrogen and oxygen atoms in total. The van der Waals surface area contributed by atoms with Gasteiger partial charge in [0.15, 0.2) is 5.92 Å². The van der Waals surface area contributed by atoms with E-state index in [-0.39, 0.29) is 19.1 Å². The molecule has 104 valence electrons. The van der Waals surface area contributed by atoms with Gasteiger partial charge in [-0.3, -0.25) is 9.59 Å². The summed E-state index contributed by atoms with van der Waals surface area (Å²) < 4.78 is 9.84. The normalized spacial score (nSPS) is 12.1. The lowest BCUT2D eigenvalue weighted by Crippen LogP contribution is -2.31. The van der Waals surface area contributed by atoms with Crippen molar-refractivity contribution in [3.05, 3.63) is 12.2 Å². The predicted octanol–water partition coefficient (Wildman–Crippen LogP) is 2.72. The largest absolute Gasteiger partial charge is 0.465 e. The highest BCUT2D eigenvalue weighted by Crippen LogP contribution is 2.25. The summed E-state index contributed by atoms with van der Waals surface area (Å²) >= 11 is 0. The van der Waals surface area contributed by atoms with E-state index in [1.165, 1.54) is 0 Å². The van der Waals surface area contributed by atoms with Crippen molar-refractivity contribution in [2.45, 2.75) is 40.5 Å². The highest BCUT2D eigenvalue weighted by atomic mass is 16.6. The quantitative estimate of drug-likeness (QED) is 0.380. The highest BCUT2D eigenvalue weighted by Gasteiger charge is 2.34. The molecule has 0 spiro atoms. The van der Waals surface area contributed by atoms with Crippen molar-refractivity contribution in [3.8, 4) is 0 Å². The summed E-state index contributed by atoms with van der Waals surface area (Å²) in [6.45, 7) is 11.8. The van der Waals surface area contributed by atoms with Gasteiger partial charge >= 0.3 is 11.9 Å². The number of carbonyl (C=O) groups is 2. The number of esters is 2. The van der Waals surface area contributed by atoms with E-state index in [0.717, 1.165) is 12.8 Å². The Morgan fingerprint density at radius 1 is 1.06 bits per heavy atom.